The van der Waals surface area contributed by atoms with Crippen LogP contribution in [-0.4, -0.2) is 24.5 Å². The fourth-order valence-corrected chi connectivity index (χ4v) is 3.93. The van der Waals surface area contributed by atoms with Crippen molar-refractivity contribution in [1.29, 1.82) is 0 Å². The number of rotatable bonds is 4. The number of hydrogen-bond acceptors (Lipinski definition) is 3. The number of benzene rings is 2. The van der Waals surface area contributed by atoms with Gasteiger partial charge in [0.1, 0.15) is 5.82 Å². The second-order valence-electron chi connectivity index (χ2n) is 7.75. The Morgan fingerprint density at radius 3 is 2.28 bits per heavy atom. The molecule has 1 saturated carbocycles. The molecule has 1 aliphatic carbocycles. The van der Waals surface area contributed by atoms with E-state index in [2.05, 4.69) is 10.6 Å². The molecule has 0 bridgehead atoms. The Bertz CT molecular complexity index is 916. The highest BCUT2D eigenvalue weighted by Crippen LogP contribution is 2.40. The lowest BCUT2D eigenvalue weighted by Crippen LogP contribution is -2.33. The average Bonchev–Trinajstić information content (AvgIpc) is 2.75. The van der Waals surface area contributed by atoms with E-state index in [4.69, 9.17) is 9.90 Å². The summed E-state index contributed by atoms with van der Waals surface area (Å²) in [7, 11) is 1.85. The summed E-state index contributed by atoms with van der Waals surface area (Å²) in [4.78, 5) is 21.1. The predicted octanol–water partition coefficient (Wildman–Crippen LogP) is 5.75. The molecule has 5 nitrogen and oxygen atoms in total. The van der Waals surface area contributed by atoms with Gasteiger partial charge in [-0.25, -0.2) is 4.39 Å². The van der Waals surface area contributed by atoms with Crippen molar-refractivity contribution in [1.82, 2.24) is 0 Å². The molecular formula is C23H26F4N2O3. The van der Waals surface area contributed by atoms with Gasteiger partial charge in [0.15, 0.2) is 0 Å². The molecule has 1 aliphatic rings. The lowest BCUT2D eigenvalue weighted by molar-refractivity contribution is -0.137. The molecule has 1 amide bonds. The summed E-state index contributed by atoms with van der Waals surface area (Å²) in [6, 6.07) is 10.2. The van der Waals surface area contributed by atoms with Gasteiger partial charge in [-0.2, -0.15) is 13.2 Å². The number of hydrogen-bond donors (Lipinski definition) is 3. The van der Waals surface area contributed by atoms with E-state index in [1.165, 1.54) is 0 Å². The van der Waals surface area contributed by atoms with Crippen LogP contribution in [0.1, 0.15) is 43.2 Å². The third-order valence-electron chi connectivity index (χ3n) is 5.76. The highest BCUT2D eigenvalue weighted by molar-refractivity contribution is 5.93. The van der Waals surface area contributed by atoms with Gasteiger partial charge in [0, 0.05) is 18.7 Å². The topological polar surface area (TPSA) is 78.4 Å². The summed E-state index contributed by atoms with van der Waals surface area (Å²) in [5.74, 6) is -1.45. The summed E-state index contributed by atoms with van der Waals surface area (Å²) >= 11 is 0. The number of nitrogens with one attached hydrogen (secondary N) is 2. The fourth-order valence-electron chi connectivity index (χ4n) is 3.93. The summed E-state index contributed by atoms with van der Waals surface area (Å²) in [5.41, 5.74) is 0.847. The van der Waals surface area contributed by atoms with Gasteiger partial charge in [0.25, 0.3) is 6.47 Å². The second kappa shape index (κ2) is 11.0. The maximum Gasteiger partial charge on any atom is 0.416 e. The molecule has 32 heavy (non-hydrogen) atoms. The van der Waals surface area contributed by atoms with E-state index in [1.807, 2.05) is 38.2 Å². The maximum absolute atomic E-state index is 14.1. The van der Waals surface area contributed by atoms with Gasteiger partial charge >= 0.3 is 6.18 Å². The molecule has 0 aromatic heterocycles. The molecule has 0 aliphatic heterocycles. The van der Waals surface area contributed by atoms with Crippen molar-refractivity contribution in [3.8, 4) is 0 Å². The van der Waals surface area contributed by atoms with Crippen LogP contribution in [0.4, 0.5) is 28.9 Å². The summed E-state index contributed by atoms with van der Waals surface area (Å²) < 4.78 is 52.2. The first-order chi connectivity index (χ1) is 15.1. The molecule has 9 heteroatoms. The van der Waals surface area contributed by atoms with Crippen LogP contribution < -0.4 is 10.6 Å². The first kappa shape index (κ1) is 25.2. The third kappa shape index (κ3) is 6.45. The van der Waals surface area contributed by atoms with E-state index >= 15 is 0 Å². The van der Waals surface area contributed by atoms with Crippen LogP contribution in [0.25, 0.3) is 0 Å². The van der Waals surface area contributed by atoms with Crippen LogP contribution in [0.3, 0.4) is 0 Å². The van der Waals surface area contributed by atoms with Crippen LogP contribution in [0.2, 0.25) is 0 Å². The normalized spacial score (nSPS) is 20.5. The van der Waals surface area contributed by atoms with Gasteiger partial charge in [-0.1, -0.05) is 19.1 Å². The molecule has 174 valence electrons. The van der Waals surface area contributed by atoms with Crippen molar-refractivity contribution in [2.45, 2.75) is 38.3 Å². The number of carbonyl (C=O) groups is 2. The Kier molecular flexibility index (Phi) is 8.63. The number of amides is 1. The zero-order valence-corrected chi connectivity index (χ0v) is 17.7. The van der Waals surface area contributed by atoms with Gasteiger partial charge in [-0.05, 0) is 67.0 Å². The number of carbonyl (C=O) groups excluding carboxylic acids is 1. The van der Waals surface area contributed by atoms with Gasteiger partial charge in [0.2, 0.25) is 5.91 Å². The molecule has 0 heterocycles. The molecule has 2 aromatic carbocycles. The standard InChI is InChI=1S/C22H24F4N2O.CH2O2/c1-13-3-4-15(14-5-8-17(27-2)9-6-14)11-18(13)21(29)28-20-10-7-16(12-19(20)23)22(24,25)26;2-1-3/h5-10,12-13,15,18,27H,3-4,11H2,1-2H3,(H,28,29);1H,(H,2,3). The van der Waals surface area contributed by atoms with E-state index in [9.17, 15) is 22.4 Å². The van der Waals surface area contributed by atoms with E-state index in [-0.39, 0.29) is 35.8 Å². The summed E-state index contributed by atoms with van der Waals surface area (Å²) in [6.07, 6.45) is -2.20. The van der Waals surface area contributed by atoms with Crippen LogP contribution in [0, 0.1) is 17.7 Å². The molecule has 1 fully saturated rings. The summed E-state index contributed by atoms with van der Waals surface area (Å²) in [6.45, 7) is 1.73. The lowest BCUT2D eigenvalue weighted by Gasteiger charge is -2.33. The Morgan fingerprint density at radius 2 is 1.75 bits per heavy atom. The Labute approximate surface area is 183 Å². The number of halogens is 4. The molecule has 0 radical (unpaired) electrons. The minimum absolute atomic E-state index is 0.111. The van der Waals surface area contributed by atoms with Gasteiger partial charge in [-0.15, -0.1) is 0 Å². The van der Waals surface area contributed by atoms with E-state index in [1.54, 1.807) is 0 Å². The minimum atomic E-state index is -4.63. The SMILES string of the molecule is CNc1ccc(C2CCC(C)C(C(=O)Nc3ccc(C(F)(F)F)cc3F)C2)cc1.O=CO. The van der Waals surface area contributed by atoms with Gasteiger partial charge in [-0.3, -0.25) is 9.59 Å². The first-order valence-corrected chi connectivity index (χ1v) is 10.1. The van der Waals surface area contributed by atoms with E-state index in [0.717, 1.165) is 36.2 Å². The summed E-state index contributed by atoms with van der Waals surface area (Å²) in [5, 5.41) is 12.4. The van der Waals surface area contributed by atoms with Gasteiger partial charge in [0.05, 0.1) is 11.3 Å². The average molecular weight is 454 g/mol. The van der Waals surface area contributed by atoms with Crippen LogP contribution in [0.15, 0.2) is 42.5 Å². The Balaban J connectivity index is 0.00000114. The quantitative estimate of drug-likeness (QED) is 0.406. The third-order valence-corrected chi connectivity index (χ3v) is 5.76. The Hall–Kier alpha value is -3.10. The number of anilines is 2. The smallest absolute Gasteiger partial charge is 0.416 e. The van der Waals surface area contributed by atoms with Crippen molar-refractivity contribution >= 4 is 23.8 Å². The number of carboxylic acid groups (broad SMARTS) is 1. The molecule has 3 unspecified atom stereocenters. The molecule has 0 spiro atoms. The fraction of sp³-hybridized carbons (Fsp3) is 0.391. The largest absolute Gasteiger partial charge is 0.483 e. The minimum Gasteiger partial charge on any atom is -0.483 e. The van der Waals surface area contributed by atoms with Crippen molar-refractivity contribution in [3.05, 3.63) is 59.4 Å². The molecule has 2 aromatic rings. The zero-order valence-electron chi connectivity index (χ0n) is 17.7. The molecule has 0 saturated heterocycles. The van der Waals surface area contributed by atoms with Crippen LogP contribution >= 0.6 is 0 Å². The number of alkyl halides is 3. The van der Waals surface area contributed by atoms with Crippen molar-refractivity contribution in [2.24, 2.45) is 11.8 Å². The Morgan fingerprint density at radius 1 is 1.12 bits per heavy atom. The van der Waals surface area contributed by atoms with Crippen molar-refractivity contribution in [2.75, 3.05) is 17.7 Å². The van der Waals surface area contributed by atoms with Crippen molar-refractivity contribution < 1.29 is 32.3 Å². The van der Waals surface area contributed by atoms with Gasteiger partial charge < -0.3 is 15.7 Å². The van der Waals surface area contributed by atoms with E-state index in [0.29, 0.717) is 12.5 Å². The highest BCUT2D eigenvalue weighted by atomic mass is 19.4. The van der Waals surface area contributed by atoms with Crippen molar-refractivity contribution in [3.63, 3.8) is 0 Å². The maximum atomic E-state index is 14.1. The monoisotopic (exact) mass is 454 g/mol. The van der Waals surface area contributed by atoms with Crippen LogP contribution in [-0.2, 0) is 15.8 Å². The van der Waals surface area contributed by atoms with Crippen LogP contribution in [0.5, 0.6) is 0 Å². The zero-order chi connectivity index (χ0) is 23.9. The highest BCUT2D eigenvalue weighted by Gasteiger charge is 2.34. The first-order valence-electron chi connectivity index (χ1n) is 10.1. The second-order valence-corrected chi connectivity index (χ2v) is 7.75. The molecule has 3 atom stereocenters. The molecular weight excluding hydrogens is 428 g/mol. The lowest BCUT2D eigenvalue weighted by atomic mass is 9.72. The predicted molar refractivity (Wildman–Crippen MR) is 114 cm³/mol. The molecule has 3 rings (SSSR count). The van der Waals surface area contributed by atoms with E-state index < -0.39 is 17.6 Å². The molecule has 3 N–H and O–H groups in total.